The number of para-hydroxylation sites is 1. The Kier molecular flexibility index (Phi) is 5.92. The molecule has 0 atom stereocenters. The van der Waals surface area contributed by atoms with Crippen molar-refractivity contribution < 1.29 is 9.18 Å². The number of fused-ring (bicyclic) bond motifs is 1. The predicted molar refractivity (Wildman–Crippen MR) is 119 cm³/mol. The number of anilines is 1. The van der Waals surface area contributed by atoms with E-state index in [0.717, 1.165) is 15.2 Å². The molecule has 0 spiro atoms. The van der Waals surface area contributed by atoms with E-state index < -0.39 is 0 Å². The van der Waals surface area contributed by atoms with Gasteiger partial charge in [-0.25, -0.2) is 9.37 Å². The predicted octanol–water partition coefficient (Wildman–Crippen LogP) is 6.07. The highest BCUT2D eigenvalue weighted by atomic mass is 32.2. The van der Waals surface area contributed by atoms with Crippen LogP contribution in [-0.4, -0.2) is 16.6 Å². The van der Waals surface area contributed by atoms with Crippen molar-refractivity contribution in [2.75, 3.05) is 10.7 Å². The summed E-state index contributed by atoms with van der Waals surface area (Å²) >= 11 is 2.83. The standard InChI is InChI=1S/C23H19FN2OS2/c1-16-10-12-18(13-11-16)28-15-21(27)26(14-17-6-3-2-4-7-17)23-25-22-19(24)8-5-9-20(22)29-23/h2-13H,14-15H2,1H3. The van der Waals surface area contributed by atoms with Crippen LogP contribution in [0.25, 0.3) is 10.2 Å². The van der Waals surface area contributed by atoms with Gasteiger partial charge in [-0.3, -0.25) is 9.69 Å². The maximum absolute atomic E-state index is 14.1. The number of halogens is 1. The maximum atomic E-state index is 14.1. The lowest BCUT2D eigenvalue weighted by Gasteiger charge is -2.20. The summed E-state index contributed by atoms with van der Waals surface area (Å²) in [6.45, 7) is 2.43. The molecule has 4 rings (SSSR count). The Hall–Kier alpha value is -2.70. The van der Waals surface area contributed by atoms with Gasteiger partial charge in [0.25, 0.3) is 0 Å². The Labute approximate surface area is 177 Å². The molecule has 0 aliphatic carbocycles. The van der Waals surface area contributed by atoms with Gasteiger partial charge >= 0.3 is 0 Å². The number of amides is 1. The third kappa shape index (κ3) is 4.66. The minimum Gasteiger partial charge on any atom is -0.283 e. The molecule has 0 unspecified atom stereocenters. The van der Waals surface area contributed by atoms with E-state index in [9.17, 15) is 9.18 Å². The number of hydrogen-bond acceptors (Lipinski definition) is 4. The number of rotatable bonds is 6. The fraction of sp³-hybridized carbons (Fsp3) is 0.130. The second kappa shape index (κ2) is 8.76. The molecule has 29 heavy (non-hydrogen) atoms. The Morgan fingerprint density at radius 3 is 2.52 bits per heavy atom. The smallest absolute Gasteiger partial charge is 0.239 e. The van der Waals surface area contributed by atoms with Crippen LogP contribution in [0.1, 0.15) is 11.1 Å². The number of aryl methyl sites for hydroxylation is 1. The summed E-state index contributed by atoms with van der Waals surface area (Å²) in [6, 6.07) is 22.7. The molecule has 0 saturated heterocycles. The van der Waals surface area contributed by atoms with Crippen LogP contribution in [0.15, 0.2) is 77.7 Å². The fourth-order valence-corrected chi connectivity index (χ4v) is 4.68. The van der Waals surface area contributed by atoms with Crippen LogP contribution in [0.5, 0.6) is 0 Å². The Bertz CT molecular complexity index is 1130. The number of hydrogen-bond donors (Lipinski definition) is 0. The third-order valence-corrected chi connectivity index (χ3v) is 6.50. The summed E-state index contributed by atoms with van der Waals surface area (Å²) in [5.41, 5.74) is 2.49. The van der Waals surface area contributed by atoms with E-state index >= 15 is 0 Å². The minimum atomic E-state index is -0.369. The van der Waals surface area contributed by atoms with Gasteiger partial charge in [0.05, 0.1) is 17.0 Å². The minimum absolute atomic E-state index is 0.0566. The SMILES string of the molecule is Cc1ccc(SCC(=O)N(Cc2ccccc2)c2nc3c(F)cccc3s2)cc1. The highest BCUT2D eigenvalue weighted by molar-refractivity contribution is 8.00. The van der Waals surface area contributed by atoms with E-state index in [4.69, 9.17) is 0 Å². The largest absolute Gasteiger partial charge is 0.283 e. The van der Waals surface area contributed by atoms with Gasteiger partial charge < -0.3 is 0 Å². The first kappa shape index (κ1) is 19.6. The molecule has 3 nitrogen and oxygen atoms in total. The number of thioether (sulfide) groups is 1. The van der Waals surface area contributed by atoms with Crippen molar-refractivity contribution >= 4 is 44.4 Å². The molecular formula is C23H19FN2OS2. The third-order valence-electron chi connectivity index (χ3n) is 4.46. The highest BCUT2D eigenvalue weighted by Gasteiger charge is 2.21. The molecule has 3 aromatic carbocycles. The van der Waals surface area contributed by atoms with Crippen LogP contribution in [0.2, 0.25) is 0 Å². The number of thiazole rings is 1. The van der Waals surface area contributed by atoms with Crippen molar-refractivity contribution in [3.63, 3.8) is 0 Å². The summed E-state index contributed by atoms with van der Waals surface area (Å²) < 4.78 is 14.9. The number of carbonyl (C=O) groups excluding carboxylic acids is 1. The van der Waals surface area contributed by atoms with Gasteiger partial charge in [-0.2, -0.15) is 0 Å². The van der Waals surface area contributed by atoms with Gasteiger partial charge in [-0.05, 0) is 36.8 Å². The lowest BCUT2D eigenvalue weighted by atomic mass is 10.2. The van der Waals surface area contributed by atoms with E-state index in [0.29, 0.717) is 17.2 Å². The Morgan fingerprint density at radius 1 is 1.03 bits per heavy atom. The summed E-state index contributed by atoms with van der Waals surface area (Å²) in [5.74, 6) is -0.140. The van der Waals surface area contributed by atoms with Gasteiger partial charge in [0.1, 0.15) is 11.3 Å². The number of nitrogens with zero attached hydrogens (tertiary/aromatic N) is 2. The number of carbonyl (C=O) groups is 1. The number of benzene rings is 3. The molecule has 0 fully saturated rings. The molecule has 0 radical (unpaired) electrons. The van der Waals surface area contributed by atoms with Gasteiger partial charge in [-0.1, -0.05) is 65.4 Å². The average Bonchev–Trinajstić information content (AvgIpc) is 3.17. The van der Waals surface area contributed by atoms with Crippen molar-refractivity contribution in [2.24, 2.45) is 0 Å². The monoisotopic (exact) mass is 422 g/mol. The van der Waals surface area contributed by atoms with Crippen molar-refractivity contribution in [2.45, 2.75) is 18.4 Å². The molecule has 1 heterocycles. The van der Waals surface area contributed by atoms with Crippen molar-refractivity contribution in [3.8, 4) is 0 Å². The normalized spacial score (nSPS) is 11.0. The number of aromatic nitrogens is 1. The zero-order valence-corrected chi connectivity index (χ0v) is 17.5. The quantitative estimate of drug-likeness (QED) is 0.354. The average molecular weight is 423 g/mol. The molecule has 6 heteroatoms. The molecular weight excluding hydrogens is 403 g/mol. The van der Waals surface area contributed by atoms with E-state index in [2.05, 4.69) is 4.98 Å². The summed E-state index contributed by atoms with van der Waals surface area (Å²) in [4.78, 5) is 20.3. The lowest BCUT2D eigenvalue weighted by molar-refractivity contribution is -0.116. The highest BCUT2D eigenvalue weighted by Crippen LogP contribution is 2.32. The Balaban J connectivity index is 1.60. The van der Waals surface area contributed by atoms with E-state index in [1.807, 2.05) is 67.6 Å². The molecule has 0 aliphatic heterocycles. The summed E-state index contributed by atoms with van der Waals surface area (Å²) in [6.07, 6.45) is 0. The van der Waals surface area contributed by atoms with Crippen LogP contribution in [0.3, 0.4) is 0 Å². The fourth-order valence-electron chi connectivity index (χ4n) is 2.90. The molecule has 0 bridgehead atoms. The van der Waals surface area contributed by atoms with Gasteiger partial charge in [0.2, 0.25) is 5.91 Å². The second-order valence-corrected chi connectivity index (χ2v) is 8.71. The summed E-state index contributed by atoms with van der Waals surface area (Å²) in [5, 5.41) is 0.517. The molecule has 4 aromatic rings. The van der Waals surface area contributed by atoms with Crippen LogP contribution < -0.4 is 4.90 Å². The van der Waals surface area contributed by atoms with Gasteiger partial charge in [0.15, 0.2) is 5.13 Å². The second-order valence-electron chi connectivity index (χ2n) is 6.65. The molecule has 0 saturated carbocycles. The molecule has 1 amide bonds. The molecule has 1 aromatic heterocycles. The zero-order valence-electron chi connectivity index (χ0n) is 15.8. The van der Waals surface area contributed by atoms with Crippen LogP contribution in [0.4, 0.5) is 9.52 Å². The summed E-state index contributed by atoms with van der Waals surface area (Å²) in [7, 11) is 0. The van der Waals surface area contributed by atoms with E-state index in [-0.39, 0.29) is 17.5 Å². The first-order valence-electron chi connectivity index (χ1n) is 9.19. The van der Waals surface area contributed by atoms with Crippen molar-refractivity contribution in [1.82, 2.24) is 4.98 Å². The maximum Gasteiger partial charge on any atom is 0.239 e. The van der Waals surface area contributed by atoms with E-state index in [1.165, 1.54) is 34.7 Å². The van der Waals surface area contributed by atoms with Crippen LogP contribution >= 0.6 is 23.1 Å². The van der Waals surface area contributed by atoms with Crippen molar-refractivity contribution in [1.29, 1.82) is 0 Å². The topological polar surface area (TPSA) is 33.2 Å². The van der Waals surface area contributed by atoms with Crippen LogP contribution in [0, 0.1) is 12.7 Å². The molecule has 0 aliphatic rings. The zero-order chi connectivity index (χ0) is 20.2. The first-order chi connectivity index (χ1) is 14.1. The van der Waals surface area contributed by atoms with Gasteiger partial charge in [-0.15, -0.1) is 11.8 Å². The Morgan fingerprint density at radius 2 is 1.79 bits per heavy atom. The molecule has 0 N–H and O–H groups in total. The molecule has 146 valence electrons. The van der Waals surface area contributed by atoms with Gasteiger partial charge in [0, 0.05) is 4.90 Å². The van der Waals surface area contributed by atoms with Crippen LogP contribution in [-0.2, 0) is 11.3 Å². The first-order valence-corrected chi connectivity index (χ1v) is 11.0. The van der Waals surface area contributed by atoms with E-state index in [1.54, 1.807) is 11.0 Å². The van der Waals surface area contributed by atoms with Crippen molar-refractivity contribution in [3.05, 3.63) is 89.7 Å². The lowest BCUT2D eigenvalue weighted by Crippen LogP contribution is -2.31.